The van der Waals surface area contributed by atoms with Gasteiger partial charge in [0.2, 0.25) is 0 Å². The fraction of sp³-hybridized carbons (Fsp3) is 0.200. The minimum absolute atomic E-state index is 0.126. The number of hydrogen-bond donors (Lipinski definition) is 1. The second kappa shape index (κ2) is 8.46. The van der Waals surface area contributed by atoms with Crippen molar-refractivity contribution < 1.29 is 9.21 Å². The van der Waals surface area contributed by atoms with E-state index >= 15 is 0 Å². The molecule has 0 aliphatic carbocycles. The number of carbonyl (C=O) groups is 1. The lowest BCUT2D eigenvalue weighted by molar-refractivity contribution is 0.0794. The number of fused-ring (bicyclic) bond motifs is 1. The molecule has 7 heteroatoms. The van der Waals surface area contributed by atoms with Crippen molar-refractivity contribution in [2.75, 3.05) is 25.5 Å². The van der Waals surface area contributed by atoms with Crippen molar-refractivity contribution >= 4 is 45.8 Å². The van der Waals surface area contributed by atoms with Gasteiger partial charge in [0.25, 0.3) is 5.91 Å². The average Bonchev–Trinajstić information content (AvgIpc) is 2.66. The Morgan fingerprint density at radius 2 is 1.89 bits per heavy atom. The highest BCUT2D eigenvalue weighted by Gasteiger charge is 2.13. The van der Waals surface area contributed by atoms with Gasteiger partial charge in [-0.3, -0.25) is 4.79 Å². The van der Waals surface area contributed by atoms with E-state index in [1.165, 1.54) is 6.07 Å². The molecule has 27 heavy (non-hydrogen) atoms. The molecule has 0 saturated heterocycles. The van der Waals surface area contributed by atoms with Gasteiger partial charge < -0.3 is 14.6 Å². The third-order valence-corrected chi connectivity index (χ3v) is 4.89. The first-order chi connectivity index (χ1) is 13.0. The van der Waals surface area contributed by atoms with E-state index in [0.29, 0.717) is 40.7 Å². The van der Waals surface area contributed by atoms with Gasteiger partial charge in [0.05, 0.1) is 15.7 Å². The predicted molar refractivity (Wildman–Crippen MR) is 109 cm³/mol. The van der Waals surface area contributed by atoms with Crippen LogP contribution in [0.4, 0.5) is 5.69 Å². The molecule has 1 heterocycles. The first-order valence-electron chi connectivity index (χ1n) is 8.43. The van der Waals surface area contributed by atoms with Crippen LogP contribution >= 0.6 is 23.2 Å². The van der Waals surface area contributed by atoms with E-state index in [9.17, 15) is 9.59 Å². The largest absolute Gasteiger partial charge is 0.423 e. The van der Waals surface area contributed by atoms with Crippen LogP contribution in [0.2, 0.25) is 10.0 Å². The molecular formula is C20H18Cl2N2O3. The number of para-hydroxylation sites is 1. The number of benzene rings is 2. The van der Waals surface area contributed by atoms with E-state index in [4.69, 9.17) is 27.6 Å². The maximum absolute atomic E-state index is 12.4. The summed E-state index contributed by atoms with van der Waals surface area (Å²) in [7, 11) is 1.73. The molecule has 3 rings (SSSR count). The van der Waals surface area contributed by atoms with Crippen LogP contribution in [0.15, 0.2) is 57.7 Å². The van der Waals surface area contributed by atoms with Crippen LogP contribution in [0, 0.1) is 0 Å². The van der Waals surface area contributed by atoms with Gasteiger partial charge in [0.15, 0.2) is 0 Å². The van der Waals surface area contributed by atoms with Crippen molar-refractivity contribution in [2.24, 2.45) is 0 Å². The molecule has 0 spiro atoms. The number of amides is 1. The SMILES string of the molecule is CN(CCCNc1cc(=O)oc2ccccc12)C(=O)c1ccc(Cl)c(Cl)c1. The molecule has 0 saturated carbocycles. The Labute approximate surface area is 166 Å². The summed E-state index contributed by atoms with van der Waals surface area (Å²) in [6.07, 6.45) is 0.706. The fourth-order valence-electron chi connectivity index (χ4n) is 2.75. The second-order valence-electron chi connectivity index (χ2n) is 6.11. The number of halogens is 2. The van der Waals surface area contributed by atoms with E-state index in [0.717, 1.165) is 11.1 Å². The number of rotatable bonds is 6. The summed E-state index contributed by atoms with van der Waals surface area (Å²) in [6, 6.07) is 13.6. The van der Waals surface area contributed by atoms with Gasteiger partial charge in [0.1, 0.15) is 5.58 Å². The van der Waals surface area contributed by atoms with Crippen molar-refractivity contribution in [1.82, 2.24) is 4.90 Å². The Balaban J connectivity index is 1.58. The first kappa shape index (κ1) is 19.3. The van der Waals surface area contributed by atoms with E-state index in [2.05, 4.69) is 5.32 Å². The topological polar surface area (TPSA) is 62.6 Å². The van der Waals surface area contributed by atoms with Gasteiger partial charge in [-0.2, -0.15) is 0 Å². The highest BCUT2D eigenvalue weighted by atomic mass is 35.5. The smallest absolute Gasteiger partial charge is 0.338 e. The molecule has 1 aromatic heterocycles. The molecule has 0 radical (unpaired) electrons. The molecule has 0 aliphatic heterocycles. The number of carbonyl (C=O) groups excluding carboxylic acids is 1. The number of nitrogens with zero attached hydrogens (tertiary/aromatic N) is 1. The Bertz CT molecular complexity index is 1030. The molecule has 0 unspecified atom stereocenters. The lowest BCUT2D eigenvalue weighted by Gasteiger charge is -2.18. The molecule has 3 aromatic rings. The number of anilines is 1. The zero-order valence-electron chi connectivity index (χ0n) is 14.7. The summed E-state index contributed by atoms with van der Waals surface area (Å²) >= 11 is 11.9. The van der Waals surface area contributed by atoms with Crippen LogP contribution in [-0.2, 0) is 0 Å². The second-order valence-corrected chi connectivity index (χ2v) is 6.93. The summed E-state index contributed by atoms with van der Waals surface area (Å²) in [5.74, 6) is -0.126. The standard InChI is InChI=1S/C20H18Cl2N2O3/c1-24(20(26)13-7-8-15(21)16(22)11-13)10-4-9-23-17-12-19(25)27-18-6-3-2-5-14(17)18/h2-3,5-8,11-12,23H,4,9-10H2,1H3. The van der Waals surface area contributed by atoms with Crippen molar-refractivity contribution in [3.63, 3.8) is 0 Å². The Kier molecular flexibility index (Phi) is 6.04. The van der Waals surface area contributed by atoms with Crippen molar-refractivity contribution in [1.29, 1.82) is 0 Å². The predicted octanol–water partition coefficient (Wildman–Crippen LogP) is 4.67. The highest BCUT2D eigenvalue weighted by molar-refractivity contribution is 6.42. The molecule has 2 aromatic carbocycles. The van der Waals surface area contributed by atoms with Crippen LogP contribution < -0.4 is 10.9 Å². The van der Waals surface area contributed by atoms with Gasteiger partial charge in [-0.1, -0.05) is 35.3 Å². The number of hydrogen-bond acceptors (Lipinski definition) is 4. The van der Waals surface area contributed by atoms with Crippen LogP contribution in [0.3, 0.4) is 0 Å². The zero-order valence-corrected chi connectivity index (χ0v) is 16.2. The van der Waals surface area contributed by atoms with E-state index in [-0.39, 0.29) is 5.91 Å². The lowest BCUT2D eigenvalue weighted by Crippen LogP contribution is -2.28. The number of nitrogens with one attached hydrogen (secondary N) is 1. The van der Waals surface area contributed by atoms with Crippen LogP contribution in [0.1, 0.15) is 16.8 Å². The van der Waals surface area contributed by atoms with Gasteiger partial charge >= 0.3 is 5.63 Å². The van der Waals surface area contributed by atoms with Crippen molar-refractivity contribution in [2.45, 2.75) is 6.42 Å². The minimum Gasteiger partial charge on any atom is -0.423 e. The van der Waals surface area contributed by atoms with Crippen LogP contribution in [0.25, 0.3) is 11.0 Å². The average molecular weight is 405 g/mol. The van der Waals surface area contributed by atoms with Gasteiger partial charge in [-0.15, -0.1) is 0 Å². The normalized spacial score (nSPS) is 10.8. The summed E-state index contributed by atoms with van der Waals surface area (Å²) in [6.45, 7) is 1.15. The highest BCUT2D eigenvalue weighted by Crippen LogP contribution is 2.23. The fourth-order valence-corrected chi connectivity index (χ4v) is 3.05. The quantitative estimate of drug-likeness (QED) is 0.478. The van der Waals surface area contributed by atoms with Gasteiger partial charge in [-0.25, -0.2) is 4.79 Å². The van der Waals surface area contributed by atoms with Crippen molar-refractivity contribution in [3.05, 3.63) is 74.6 Å². The molecule has 0 aliphatic rings. The summed E-state index contributed by atoms with van der Waals surface area (Å²) in [4.78, 5) is 25.7. The van der Waals surface area contributed by atoms with E-state index < -0.39 is 5.63 Å². The van der Waals surface area contributed by atoms with E-state index in [1.807, 2.05) is 18.2 Å². The Morgan fingerprint density at radius 1 is 1.11 bits per heavy atom. The Morgan fingerprint density at radius 3 is 2.67 bits per heavy atom. The molecule has 1 amide bonds. The molecule has 140 valence electrons. The summed E-state index contributed by atoms with van der Waals surface area (Å²) in [5, 5.41) is 4.86. The van der Waals surface area contributed by atoms with Crippen LogP contribution in [-0.4, -0.2) is 30.9 Å². The summed E-state index contributed by atoms with van der Waals surface area (Å²) < 4.78 is 5.18. The third kappa shape index (κ3) is 4.62. The monoisotopic (exact) mass is 404 g/mol. The molecule has 1 N–H and O–H groups in total. The third-order valence-electron chi connectivity index (χ3n) is 4.15. The summed E-state index contributed by atoms with van der Waals surface area (Å²) in [5.41, 5.74) is 1.36. The van der Waals surface area contributed by atoms with Crippen LogP contribution in [0.5, 0.6) is 0 Å². The molecule has 5 nitrogen and oxygen atoms in total. The van der Waals surface area contributed by atoms with E-state index in [1.54, 1.807) is 36.2 Å². The first-order valence-corrected chi connectivity index (χ1v) is 9.18. The van der Waals surface area contributed by atoms with Gasteiger partial charge in [-0.05, 0) is 36.8 Å². The molecule has 0 bridgehead atoms. The maximum atomic E-state index is 12.4. The minimum atomic E-state index is -0.400. The van der Waals surface area contributed by atoms with Gasteiger partial charge in [0, 0.05) is 37.2 Å². The molecule has 0 atom stereocenters. The van der Waals surface area contributed by atoms with Crippen molar-refractivity contribution in [3.8, 4) is 0 Å². The zero-order chi connectivity index (χ0) is 19.4. The Hall–Kier alpha value is -2.50. The molecule has 0 fully saturated rings. The molecular weight excluding hydrogens is 387 g/mol. The lowest BCUT2D eigenvalue weighted by atomic mass is 10.2. The maximum Gasteiger partial charge on any atom is 0.338 e.